The van der Waals surface area contributed by atoms with Crippen LogP contribution in [-0.2, 0) is 0 Å². The van der Waals surface area contributed by atoms with E-state index in [-0.39, 0.29) is 5.91 Å². The van der Waals surface area contributed by atoms with Crippen molar-refractivity contribution in [1.29, 1.82) is 0 Å². The molecule has 0 aliphatic carbocycles. The molecule has 1 aromatic carbocycles. The molecule has 3 rings (SSSR count). The van der Waals surface area contributed by atoms with Crippen molar-refractivity contribution in [2.75, 3.05) is 5.32 Å². The lowest BCUT2D eigenvalue weighted by atomic mass is 10.2. The number of nitrogens with zero attached hydrogens (tertiary/aromatic N) is 3. The summed E-state index contributed by atoms with van der Waals surface area (Å²) in [5, 5.41) is 7.68. The number of amides is 1. The standard InChI is InChI=1S/C16H12BrClN4O/c1-10-12(9-20-22(10)15-4-2-3-7-19-15)16(23)21-14-6-5-11(18)8-13(14)17/h2-9H,1H3,(H,21,23). The van der Waals surface area contributed by atoms with Crippen molar-refractivity contribution >= 4 is 39.1 Å². The Kier molecular flexibility index (Phi) is 4.45. The Hall–Kier alpha value is -2.18. The molecule has 0 radical (unpaired) electrons. The zero-order valence-corrected chi connectivity index (χ0v) is 14.5. The Morgan fingerprint density at radius 3 is 2.83 bits per heavy atom. The Labute approximate surface area is 146 Å². The molecule has 0 saturated carbocycles. The third kappa shape index (κ3) is 3.28. The summed E-state index contributed by atoms with van der Waals surface area (Å²) in [5.74, 6) is 0.421. The van der Waals surface area contributed by atoms with Crippen LogP contribution in [0.3, 0.4) is 0 Å². The maximum Gasteiger partial charge on any atom is 0.259 e. The first-order valence-corrected chi connectivity index (χ1v) is 7.96. The van der Waals surface area contributed by atoms with E-state index < -0.39 is 0 Å². The molecule has 5 nitrogen and oxygen atoms in total. The van der Waals surface area contributed by atoms with Crippen LogP contribution in [0.2, 0.25) is 5.02 Å². The number of hydrogen-bond acceptors (Lipinski definition) is 3. The van der Waals surface area contributed by atoms with Gasteiger partial charge in [-0.05, 0) is 53.2 Å². The quantitative estimate of drug-likeness (QED) is 0.726. The number of rotatable bonds is 3. The molecule has 0 atom stereocenters. The summed E-state index contributed by atoms with van der Waals surface area (Å²) < 4.78 is 2.35. The molecular weight excluding hydrogens is 380 g/mol. The number of aromatic nitrogens is 3. The third-order valence-electron chi connectivity index (χ3n) is 3.30. The van der Waals surface area contributed by atoms with E-state index in [0.29, 0.717) is 32.3 Å². The van der Waals surface area contributed by atoms with Gasteiger partial charge in [-0.25, -0.2) is 9.67 Å². The molecule has 2 aromatic heterocycles. The maximum absolute atomic E-state index is 12.5. The van der Waals surface area contributed by atoms with Gasteiger partial charge in [-0.2, -0.15) is 5.10 Å². The second-order valence-corrected chi connectivity index (χ2v) is 6.11. The summed E-state index contributed by atoms with van der Waals surface area (Å²) in [6.07, 6.45) is 3.21. The van der Waals surface area contributed by atoms with Gasteiger partial charge in [-0.3, -0.25) is 4.79 Å². The van der Waals surface area contributed by atoms with E-state index in [1.807, 2.05) is 25.1 Å². The second kappa shape index (κ2) is 6.52. The molecule has 7 heteroatoms. The normalized spacial score (nSPS) is 10.6. The van der Waals surface area contributed by atoms with Gasteiger partial charge in [0.1, 0.15) is 0 Å². The van der Waals surface area contributed by atoms with Crippen molar-refractivity contribution in [3.8, 4) is 5.82 Å². The van der Waals surface area contributed by atoms with Gasteiger partial charge in [0.15, 0.2) is 5.82 Å². The lowest BCUT2D eigenvalue weighted by Gasteiger charge is -2.08. The topological polar surface area (TPSA) is 59.8 Å². The lowest BCUT2D eigenvalue weighted by molar-refractivity contribution is 0.102. The summed E-state index contributed by atoms with van der Waals surface area (Å²) in [5.41, 5.74) is 1.84. The van der Waals surface area contributed by atoms with E-state index in [9.17, 15) is 4.79 Å². The lowest BCUT2D eigenvalue weighted by Crippen LogP contribution is -2.13. The van der Waals surface area contributed by atoms with E-state index in [1.54, 1.807) is 29.1 Å². The Bertz CT molecular complexity index is 864. The van der Waals surface area contributed by atoms with Crippen molar-refractivity contribution in [3.05, 3.63) is 69.5 Å². The molecule has 1 N–H and O–H groups in total. The van der Waals surface area contributed by atoms with Crippen LogP contribution < -0.4 is 5.32 Å². The van der Waals surface area contributed by atoms with Crippen LogP contribution >= 0.6 is 27.5 Å². The summed E-state index contributed by atoms with van der Waals surface area (Å²) in [6.45, 7) is 1.83. The highest BCUT2D eigenvalue weighted by Gasteiger charge is 2.16. The van der Waals surface area contributed by atoms with Crippen LogP contribution in [-0.4, -0.2) is 20.7 Å². The minimum atomic E-state index is -0.243. The number of anilines is 1. The minimum Gasteiger partial charge on any atom is -0.321 e. The molecule has 116 valence electrons. The fraction of sp³-hybridized carbons (Fsp3) is 0.0625. The van der Waals surface area contributed by atoms with Crippen LogP contribution in [0.1, 0.15) is 16.1 Å². The molecule has 0 unspecified atom stereocenters. The van der Waals surface area contributed by atoms with Crippen molar-refractivity contribution in [2.45, 2.75) is 6.92 Å². The zero-order valence-electron chi connectivity index (χ0n) is 12.1. The van der Waals surface area contributed by atoms with Gasteiger partial charge < -0.3 is 5.32 Å². The molecule has 1 amide bonds. The number of pyridine rings is 1. The molecule has 0 aliphatic heterocycles. The first-order valence-electron chi connectivity index (χ1n) is 6.78. The highest BCUT2D eigenvalue weighted by Crippen LogP contribution is 2.26. The van der Waals surface area contributed by atoms with Crippen LogP contribution in [0, 0.1) is 6.92 Å². The minimum absolute atomic E-state index is 0.243. The molecule has 0 fully saturated rings. The highest BCUT2D eigenvalue weighted by molar-refractivity contribution is 9.10. The highest BCUT2D eigenvalue weighted by atomic mass is 79.9. The van der Waals surface area contributed by atoms with Gasteiger partial charge in [0.25, 0.3) is 5.91 Å². The molecular formula is C16H12BrClN4O. The maximum atomic E-state index is 12.5. The average Bonchev–Trinajstić information content (AvgIpc) is 2.92. The molecule has 0 spiro atoms. The van der Waals surface area contributed by atoms with Gasteiger partial charge in [-0.15, -0.1) is 0 Å². The van der Waals surface area contributed by atoms with Gasteiger partial charge in [0.05, 0.1) is 23.1 Å². The van der Waals surface area contributed by atoms with E-state index in [4.69, 9.17) is 11.6 Å². The van der Waals surface area contributed by atoms with Crippen LogP contribution in [0.4, 0.5) is 5.69 Å². The second-order valence-electron chi connectivity index (χ2n) is 4.82. The molecule has 23 heavy (non-hydrogen) atoms. The average molecular weight is 392 g/mol. The van der Waals surface area contributed by atoms with Crippen LogP contribution in [0.25, 0.3) is 5.82 Å². The van der Waals surface area contributed by atoms with Gasteiger partial charge in [0, 0.05) is 15.7 Å². The van der Waals surface area contributed by atoms with Crippen LogP contribution in [0.15, 0.2) is 53.3 Å². The molecule has 3 aromatic rings. The summed E-state index contributed by atoms with van der Waals surface area (Å²) in [7, 11) is 0. The predicted octanol–water partition coefficient (Wildman–Crippen LogP) is 4.24. The molecule has 2 heterocycles. The van der Waals surface area contributed by atoms with Crippen molar-refractivity contribution in [2.24, 2.45) is 0 Å². The van der Waals surface area contributed by atoms with E-state index in [1.165, 1.54) is 6.20 Å². The van der Waals surface area contributed by atoms with Gasteiger partial charge in [-0.1, -0.05) is 17.7 Å². The van der Waals surface area contributed by atoms with Crippen LogP contribution in [0.5, 0.6) is 0 Å². The Balaban J connectivity index is 1.88. The number of halogens is 2. The predicted molar refractivity (Wildman–Crippen MR) is 93.2 cm³/mol. The van der Waals surface area contributed by atoms with Gasteiger partial charge >= 0.3 is 0 Å². The van der Waals surface area contributed by atoms with E-state index >= 15 is 0 Å². The molecule has 0 saturated heterocycles. The van der Waals surface area contributed by atoms with Gasteiger partial charge in [0.2, 0.25) is 0 Å². The summed E-state index contributed by atoms with van der Waals surface area (Å²) in [6, 6.07) is 10.7. The monoisotopic (exact) mass is 390 g/mol. The number of benzene rings is 1. The van der Waals surface area contributed by atoms with Crippen molar-refractivity contribution in [1.82, 2.24) is 14.8 Å². The Morgan fingerprint density at radius 2 is 2.13 bits per heavy atom. The number of carbonyl (C=O) groups excluding carboxylic acids is 1. The number of nitrogens with one attached hydrogen (secondary N) is 1. The fourth-order valence-electron chi connectivity index (χ4n) is 2.12. The Morgan fingerprint density at radius 1 is 1.30 bits per heavy atom. The first kappa shape index (κ1) is 15.7. The molecule has 0 aliphatic rings. The number of carbonyl (C=O) groups is 1. The van der Waals surface area contributed by atoms with Crippen molar-refractivity contribution in [3.63, 3.8) is 0 Å². The first-order chi connectivity index (χ1) is 11.1. The SMILES string of the molecule is Cc1c(C(=O)Nc2ccc(Cl)cc2Br)cnn1-c1ccccn1. The third-order valence-corrected chi connectivity index (χ3v) is 4.19. The van der Waals surface area contributed by atoms with E-state index in [2.05, 4.69) is 31.3 Å². The van der Waals surface area contributed by atoms with E-state index in [0.717, 1.165) is 0 Å². The largest absolute Gasteiger partial charge is 0.321 e. The number of hydrogen-bond donors (Lipinski definition) is 1. The van der Waals surface area contributed by atoms with Crippen molar-refractivity contribution < 1.29 is 4.79 Å². The summed E-state index contributed by atoms with van der Waals surface area (Å²) >= 11 is 9.28. The fourth-order valence-corrected chi connectivity index (χ4v) is 2.90. The summed E-state index contributed by atoms with van der Waals surface area (Å²) in [4.78, 5) is 16.7. The molecule has 0 bridgehead atoms. The zero-order chi connectivity index (χ0) is 16.4. The smallest absolute Gasteiger partial charge is 0.259 e.